The van der Waals surface area contributed by atoms with Gasteiger partial charge in [-0.2, -0.15) is 8.78 Å². The second kappa shape index (κ2) is 9.97. The SMILES string of the molecule is Cc1nc(N2CCCCC2)cc(N2CCN(C(=O)Nc3cccc(OC(F)F)c3)CC2)n1. The highest BCUT2D eigenvalue weighted by Gasteiger charge is 2.23. The quantitative estimate of drug-likeness (QED) is 0.755. The van der Waals surface area contributed by atoms with Crippen LogP contribution < -0.4 is 19.9 Å². The Hall–Kier alpha value is -3.17. The molecule has 0 spiro atoms. The lowest BCUT2D eigenvalue weighted by Crippen LogP contribution is -2.50. The van der Waals surface area contributed by atoms with Gasteiger partial charge in [-0.15, -0.1) is 0 Å². The van der Waals surface area contributed by atoms with E-state index in [0.717, 1.165) is 30.5 Å². The fraction of sp³-hybridized carbons (Fsp3) is 0.500. The highest BCUT2D eigenvalue weighted by molar-refractivity contribution is 5.89. The molecule has 2 fully saturated rings. The summed E-state index contributed by atoms with van der Waals surface area (Å²) < 4.78 is 29.2. The van der Waals surface area contributed by atoms with Crippen LogP contribution in [0.4, 0.5) is 30.9 Å². The molecule has 8 nitrogen and oxygen atoms in total. The van der Waals surface area contributed by atoms with Crippen molar-refractivity contribution in [2.75, 3.05) is 54.4 Å². The first-order valence-electron chi connectivity index (χ1n) is 10.9. The van der Waals surface area contributed by atoms with Gasteiger partial charge in [-0.25, -0.2) is 14.8 Å². The van der Waals surface area contributed by atoms with E-state index in [9.17, 15) is 13.6 Å². The second-order valence-electron chi connectivity index (χ2n) is 7.99. The summed E-state index contributed by atoms with van der Waals surface area (Å²) in [4.78, 5) is 28.1. The minimum Gasteiger partial charge on any atom is -0.435 e. The van der Waals surface area contributed by atoms with Crippen molar-refractivity contribution in [3.8, 4) is 5.75 Å². The van der Waals surface area contributed by atoms with E-state index in [4.69, 9.17) is 0 Å². The molecule has 0 unspecified atom stereocenters. The summed E-state index contributed by atoms with van der Waals surface area (Å²) in [7, 11) is 0. The lowest BCUT2D eigenvalue weighted by atomic mass is 10.1. The van der Waals surface area contributed by atoms with E-state index in [1.54, 1.807) is 17.0 Å². The summed E-state index contributed by atoms with van der Waals surface area (Å²) in [5.74, 6) is 2.61. The minimum absolute atomic E-state index is 0.00580. The van der Waals surface area contributed by atoms with Crippen molar-refractivity contribution >= 4 is 23.4 Å². The van der Waals surface area contributed by atoms with Gasteiger partial charge < -0.3 is 24.8 Å². The third-order valence-electron chi connectivity index (χ3n) is 5.69. The Kier molecular flexibility index (Phi) is 6.87. The third kappa shape index (κ3) is 5.54. The summed E-state index contributed by atoms with van der Waals surface area (Å²) in [6, 6.07) is 7.77. The van der Waals surface area contributed by atoms with Crippen LogP contribution in [0.15, 0.2) is 30.3 Å². The number of carbonyl (C=O) groups excluding carboxylic acids is 1. The van der Waals surface area contributed by atoms with Crippen molar-refractivity contribution in [2.45, 2.75) is 32.8 Å². The van der Waals surface area contributed by atoms with E-state index in [1.807, 2.05) is 13.0 Å². The van der Waals surface area contributed by atoms with Gasteiger partial charge in [0.1, 0.15) is 23.2 Å². The number of anilines is 3. The summed E-state index contributed by atoms with van der Waals surface area (Å²) in [5.41, 5.74) is 0.410. The molecular weight excluding hydrogens is 418 g/mol. The van der Waals surface area contributed by atoms with Crippen molar-refractivity contribution in [1.82, 2.24) is 14.9 Å². The van der Waals surface area contributed by atoms with Gasteiger partial charge in [-0.3, -0.25) is 0 Å². The number of piperazine rings is 1. The number of alkyl halides is 2. The van der Waals surface area contributed by atoms with Gasteiger partial charge in [-0.1, -0.05) is 6.07 Å². The number of aryl methyl sites for hydroxylation is 1. The van der Waals surface area contributed by atoms with Crippen LogP contribution in [0.3, 0.4) is 0 Å². The molecule has 2 aromatic rings. The molecule has 0 bridgehead atoms. The predicted molar refractivity (Wildman–Crippen MR) is 119 cm³/mol. The zero-order chi connectivity index (χ0) is 22.5. The molecule has 2 aliphatic heterocycles. The molecule has 1 N–H and O–H groups in total. The van der Waals surface area contributed by atoms with E-state index in [2.05, 4.69) is 29.8 Å². The highest BCUT2D eigenvalue weighted by atomic mass is 19.3. The summed E-state index contributed by atoms with van der Waals surface area (Å²) in [6.07, 6.45) is 3.63. The number of ether oxygens (including phenoxy) is 1. The van der Waals surface area contributed by atoms with E-state index in [0.29, 0.717) is 31.9 Å². The number of amides is 2. The van der Waals surface area contributed by atoms with E-state index >= 15 is 0 Å². The maximum Gasteiger partial charge on any atom is 0.387 e. The topological polar surface area (TPSA) is 73.8 Å². The number of halogens is 2. The molecule has 4 rings (SSSR count). The Balaban J connectivity index is 1.35. The number of piperidine rings is 1. The smallest absolute Gasteiger partial charge is 0.387 e. The normalized spacial score (nSPS) is 16.9. The number of carbonyl (C=O) groups is 1. The van der Waals surface area contributed by atoms with Gasteiger partial charge in [0.2, 0.25) is 0 Å². The van der Waals surface area contributed by atoms with Crippen LogP contribution >= 0.6 is 0 Å². The van der Waals surface area contributed by atoms with Gasteiger partial charge in [-0.05, 0) is 38.3 Å². The summed E-state index contributed by atoms with van der Waals surface area (Å²) in [6.45, 7) is 3.40. The lowest BCUT2D eigenvalue weighted by molar-refractivity contribution is -0.0498. The minimum atomic E-state index is -2.91. The maximum atomic E-state index is 12.6. The van der Waals surface area contributed by atoms with Gasteiger partial charge >= 0.3 is 12.6 Å². The first-order chi connectivity index (χ1) is 15.5. The zero-order valence-electron chi connectivity index (χ0n) is 18.1. The fourth-order valence-corrected chi connectivity index (χ4v) is 4.07. The number of aromatic nitrogens is 2. The largest absolute Gasteiger partial charge is 0.435 e. The highest BCUT2D eigenvalue weighted by Crippen LogP contribution is 2.24. The van der Waals surface area contributed by atoms with E-state index in [-0.39, 0.29) is 11.8 Å². The van der Waals surface area contributed by atoms with E-state index in [1.165, 1.54) is 31.4 Å². The van der Waals surface area contributed by atoms with Gasteiger partial charge in [0.05, 0.1) is 0 Å². The molecule has 1 aromatic heterocycles. The van der Waals surface area contributed by atoms with Crippen molar-refractivity contribution in [2.24, 2.45) is 0 Å². The monoisotopic (exact) mass is 446 g/mol. The number of urea groups is 1. The Morgan fingerprint density at radius 3 is 2.28 bits per heavy atom. The molecule has 32 heavy (non-hydrogen) atoms. The standard InChI is InChI=1S/C22H28F2N6O2/c1-16-25-19(28-8-3-2-4-9-28)15-20(26-16)29-10-12-30(13-11-29)22(31)27-17-6-5-7-18(14-17)32-21(23)24/h5-7,14-15,21H,2-4,8-13H2,1H3,(H,27,31). The van der Waals surface area contributed by atoms with E-state index < -0.39 is 6.61 Å². The number of benzene rings is 1. The Labute approximate surface area is 186 Å². The molecule has 2 amide bonds. The maximum absolute atomic E-state index is 12.6. The van der Waals surface area contributed by atoms with Crippen LogP contribution in [-0.4, -0.2) is 66.8 Å². The Bertz CT molecular complexity index is 930. The fourth-order valence-electron chi connectivity index (χ4n) is 4.07. The van der Waals surface area contributed by atoms with Crippen LogP contribution in [-0.2, 0) is 0 Å². The molecular formula is C22H28F2N6O2. The van der Waals surface area contributed by atoms with Crippen LogP contribution in [0.1, 0.15) is 25.1 Å². The molecule has 10 heteroatoms. The van der Waals surface area contributed by atoms with Crippen LogP contribution in [0.2, 0.25) is 0 Å². The number of nitrogens with one attached hydrogen (secondary N) is 1. The van der Waals surface area contributed by atoms with Gasteiger partial charge in [0.25, 0.3) is 0 Å². The summed E-state index contributed by atoms with van der Waals surface area (Å²) >= 11 is 0. The summed E-state index contributed by atoms with van der Waals surface area (Å²) in [5, 5.41) is 2.75. The zero-order valence-corrected chi connectivity index (χ0v) is 18.1. The number of hydrogen-bond acceptors (Lipinski definition) is 6. The average molecular weight is 447 g/mol. The molecule has 1 aromatic carbocycles. The third-order valence-corrected chi connectivity index (χ3v) is 5.69. The van der Waals surface area contributed by atoms with Crippen molar-refractivity contribution < 1.29 is 18.3 Å². The Morgan fingerprint density at radius 2 is 1.62 bits per heavy atom. The average Bonchev–Trinajstić information content (AvgIpc) is 2.79. The molecule has 3 heterocycles. The van der Waals surface area contributed by atoms with Crippen molar-refractivity contribution in [3.05, 3.63) is 36.2 Å². The molecule has 2 aliphatic rings. The molecule has 0 atom stereocenters. The first kappa shape index (κ1) is 22.0. The molecule has 0 saturated carbocycles. The molecule has 172 valence electrons. The lowest BCUT2D eigenvalue weighted by Gasteiger charge is -2.36. The van der Waals surface area contributed by atoms with Gasteiger partial charge in [0.15, 0.2) is 0 Å². The first-order valence-corrected chi connectivity index (χ1v) is 10.9. The number of nitrogens with zero attached hydrogens (tertiary/aromatic N) is 5. The second-order valence-corrected chi connectivity index (χ2v) is 7.99. The Morgan fingerprint density at radius 1 is 0.969 bits per heavy atom. The van der Waals surface area contributed by atoms with Crippen LogP contribution in [0, 0.1) is 6.92 Å². The predicted octanol–water partition coefficient (Wildman–Crippen LogP) is 3.73. The van der Waals surface area contributed by atoms with Gasteiger partial charge in [0, 0.05) is 57.1 Å². The molecule has 0 aliphatic carbocycles. The van der Waals surface area contributed by atoms with Crippen molar-refractivity contribution in [1.29, 1.82) is 0 Å². The molecule has 0 radical (unpaired) electrons. The van der Waals surface area contributed by atoms with Crippen LogP contribution in [0.25, 0.3) is 0 Å². The molecule has 2 saturated heterocycles. The van der Waals surface area contributed by atoms with Crippen molar-refractivity contribution in [3.63, 3.8) is 0 Å². The number of rotatable bonds is 5. The van der Waals surface area contributed by atoms with Crippen LogP contribution in [0.5, 0.6) is 5.75 Å². The number of hydrogen-bond donors (Lipinski definition) is 1.